The van der Waals surface area contributed by atoms with Gasteiger partial charge in [0.2, 0.25) is 0 Å². The lowest BCUT2D eigenvalue weighted by Crippen LogP contribution is -2.09. The molecule has 0 aliphatic heterocycles. The Morgan fingerprint density at radius 1 is 1.15 bits per heavy atom. The average molecular weight is 272 g/mol. The smallest absolute Gasteiger partial charge is 0.342 e. The van der Waals surface area contributed by atoms with Crippen molar-refractivity contribution < 1.29 is 19.7 Å². The van der Waals surface area contributed by atoms with Gasteiger partial charge in [0.1, 0.15) is 17.1 Å². The summed E-state index contributed by atoms with van der Waals surface area (Å²) < 4.78 is 4.95. The molecule has 0 saturated heterocycles. The Bertz CT molecular complexity index is 605. The van der Waals surface area contributed by atoms with Crippen molar-refractivity contribution in [2.75, 3.05) is 6.61 Å². The van der Waals surface area contributed by atoms with Crippen LogP contribution in [0, 0.1) is 0 Å². The minimum Gasteiger partial charge on any atom is -0.508 e. The summed E-state index contributed by atoms with van der Waals surface area (Å²) in [6.07, 6.45) is 0.428. The van der Waals surface area contributed by atoms with Crippen molar-refractivity contribution in [1.82, 2.24) is 0 Å². The van der Waals surface area contributed by atoms with Crippen molar-refractivity contribution in [2.45, 2.75) is 13.3 Å². The molecule has 0 fully saturated rings. The summed E-state index contributed by atoms with van der Waals surface area (Å²) in [5.41, 5.74) is 1.61. The molecular weight excluding hydrogens is 256 g/mol. The number of hydrogen-bond acceptors (Lipinski definition) is 4. The predicted octanol–water partition coefficient (Wildman–Crippen LogP) is 2.87. The molecule has 0 radical (unpaired) electrons. The minimum atomic E-state index is -0.587. The number of ether oxygens (including phenoxy) is 1. The zero-order valence-corrected chi connectivity index (χ0v) is 11.2. The van der Waals surface area contributed by atoms with Crippen molar-refractivity contribution in [3.63, 3.8) is 0 Å². The van der Waals surface area contributed by atoms with Gasteiger partial charge in [-0.15, -0.1) is 0 Å². The minimum absolute atomic E-state index is 0.0820. The molecule has 0 saturated carbocycles. The predicted molar refractivity (Wildman–Crippen MR) is 75.0 cm³/mol. The van der Waals surface area contributed by atoms with Crippen LogP contribution in [0.25, 0.3) is 0 Å². The fourth-order valence-corrected chi connectivity index (χ4v) is 2.06. The van der Waals surface area contributed by atoms with Gasteiger partial charge in [0.05, 0.1) is 6.61 Å². The molecule has 0 atom stereocenters. The second-order valence-electron chi connectivity index (χ2n) is 4.38. The molecule has 0 spiro atoms. The number of esters is 1. The number of carbonyl (C=O) groups is 1. The molecule has 4 heteroatoms. The first-order chi connectivity index (χ1) is 9.61. The maximum atomic E-state index is 11.9. The summed E-state index contributed by atoms with van der Waals surface area (Å²) in [6, 6.07) is 12.1. The summed E-state index contributed by atoms with van der Waals surface area (Å²) in [7, 11) is 0. The van der Waals surface area contributed by atoms with E-state index in [4.69, 9.17) is 4.74 Å². The van der Waals surface area contributed by atoms with Crippen LogP contribution in [0.2, 0.25) is 0 Å². The van der Waals surface area contributed by atoms with Gasteiger partial charge in [0.25, 0.3) is 0 Å². The van der Waals surface area contributed by atoms with Crippen LogP contribution in [-0.4, -0.2) is 22.8 Å². The quantitative estimate of drug-likeness (QED) is 0.840. The van der Waals surface area contributed by atoms with Gasteiger partial charge in [-0.3, -0.25) is 0 Å². The number of aromatic hydroxyl groups is 2. The van der Waals surface area contributed by atoms with E-state index in [0.717, 1.165) is 11.6 Å². The molecule has 0 unspecified atom stereocenters. The third kappa shape index (κ3) is 3.09. The summed E-state index contributed by atoms with van der Waals surface area (Å²) >= 11 is 0. The highest BCUT2D eigenvalue weighted by Crippen LogP contribution is 2.29. The molecule has 0 amide bonds. The van der Waals surface area contributed by atoms with E-state index in [1.807, 2.05) is 30.3 Å². The lowest BCUT2D eigenvalue weighted by molar-refractivity contribution is 0.0522. The molecule has 20 heavy (non-hydrogen) atoms. The molecule has 2 aromatic rings. The van der Waals surface area contributed by atoms with Crippen LogP contribution < -0.4 is 0 Å². The van der Waals surface area contributed by atoms with Crippen LogP contribution in [-0.2, 0) is 11.2 Å². The van der Waals surface area contributed by atoms with E-state index in [1.54, 1.807) is 6.92 Å². The van der Waals surface area contributed by atoms with Gasteiger partial charge in [-0.25, -0.2) is 4.79 Å². The summed E-state index contributed by atoms with van der Waals surface area (Å²) in [6.45, 7) is 1.93. The monoisotopic (exact) mass is 272 g/mol. The number of rotatable bonds is 4. The van der Waals surface area contributed by atoms with Crippen LogP contribution >= 0.6 is 0 Å². The molecule has 0 bridgehead atoms. The second kappa shape index (κ2) is 6.10. The fraction of sp³-hybridized carbons (Fsp3) is 0.188. The molecule has 4 nitrogen and oxygen atoms in total. The van der Waals surface area contributed by atoms with Gasteiger partial charge in [-0.05, 0) is 30.5 Å². The largest absolute Gasteiger partial charge is 0.508 e. The molecule has 2 rings (SSSR count). The Balaban J connectivity index is 2.42. The zero-order chi connectivity index (χ0) is 14.5. The Morgan fingerprint density at radius 3 is 2.50 bits per heavy atom. The number of benzene rings is 2. The maximum absolute atomic E-state index is 11.9. The second-order valence-corrected chi connectivity index (χ2v) is 4.38. The van der Waals surface area contributed by atoms with Crippen LogP contribution in [0.15, 0.2) is 42.5 Å². The molecule has 104 valence electrons. The molecule has 0 aromatic heterocycles. The summed E-state index contributed by atoms with van der Waals surface area (Å²) in [4.78, 5) is 11.9. The highest BCUT2D eigenvalue weighted by molar-refractivity contribution is 5.94. The van der Waals surface area contributed by atoms with Gasteiger partial charge >= 0.3 is 5.97 Å². The van der Waals surface area contributed by atoms with E-state index in [1.165, 1.54) is 6.07 Å². The van der Waals surface area contributed by atoms with Crippen molar-refractivity contribution in [2.24, 2.45) is 0 Å². The molecule has 2 N–H and O–H groups in total. The van der Waals surface area contributed by atoms with Crippen molar-refractivity contribution >= 4 is 5.97 Å². The van der Waals surface area contributed by atoms with Gasteiger partial charge < -0.3 is 14.9 Å². The van der Waals surface area contributed by atoms with E-state index in [0.29, 0.717) is 12.0 Å². The van der Waals surface area contributed by atoms with E-state index in [9.17, 15) is 15.0 Å². The standard InChI is InChI=1S/C16H16O4/c1-2-20-16(19)15-12(9-13(17)10-14(15)18)8-11-6-4-3-5-7-11/h3-7,9-10,17-18H,2,8H2,1H3. The van der Waals surface area contributed by atoms with E-state index in [-0.39, 0.29) is 23.7 Å². The van der Waals surface area contributed by atoms with E-state index in [2.05, 4.69) is 0 Å². The van der Waals surface area contributed by atoms with E-state index < -0.39 is 5.97 Å². The molecule has 0 heterocycles. The Labute approximate surface area is 117 Å². The average Bonchev–Trinajstić information content (AvgIpc) is 2.39. The van der Waals surface area contributed by atoms with Gasteiger partial charge in [0, 0.05) is 6.07 Å². The molecular formula is C16H16O4. The van der Waals surface area contributed by atoms with Crippen molar-refractivity contribution in [3.8, 4) is 11.5 Å². The summed E-state index contributed by atoms with van der Waals surface area (Å²) in [5.74, 6) is -0.938. The SMILES string of the molecule is CCOC(=O)c1c(O)cc(O)cc1Cc1ccccc1. The first-order valence-electron chi connectivity index (χ1n) is 6.37. The highest BCUT2D eigenvalue weighted by atomic mass is 16.5. The van der Waals surface area contributed by atoms with Crippen LogP contribution in [0.3, 0.4) is 0 Å². The molecule has 0 aliphatic carbocycles. The first-order valence-corrected chi connectivity index (χ1v) is 6.37. The van der Waals surface area contributed by atoms with Crippen molar-refractivity contribution in [1.29, 1.82) is 0 Å². The Kier molecular flexibility index (Phi) is 4.25. The molecule has 2 aromatic carbocycles. The number of hydrogen-bond donors (Lipinski definition) is 2. The first kappa shape index (κ1) is 13.9. The van der Waals surface area contributed by atoms with E-state index >= 15 is 0 Å². The summed E-state index contributed by atoms with van der Waals surface area (Å²) in [5, 5.41) is 19.5. The normalized spacial score (nSPS) is 10.2. The van der Waals surface area contributed by atoms with Crippen LogP contribution in [0.4, 0.5) is 0 Å². The van der Waals surface area contributed by atoms with Crippen LogP contribution in [0.1, 0.15) is 28.4 Å². The highest BCUT2D eigenvalue weighted by Gasteiger charge is 2.19. The maximum Gasteiger partial charge on any atom is 0.342 e. The number of carbonyl (C=O) groups excluding carboxylic acids is 1. The third-order valence-electron chi connectivity index (χ3n) is 2.90. The number of phenols is 2. The lowest BCUT2D eigenvalue weighted by atomic mass is 9.98. The zero-order valence-electron chi connectivity index (χ0n) is 11.2. The Morgan fingerprint density at radius 2 is 1.85 bits per heavy atom. The van der Waals surface area contributed by atoms with Crippen molar-refractivity contribution in [3.05, 3.63) is 59.2 Å². The fourth-order valence-electron chi connectivity index (χ4n) is 2.06. The number of phenolic OH excluding ortho intramolecular Hbond substituents is 2. The van der Waals surface area contributed by atoms with Gasteiger partial charge in [0.15, 0.2) is 0 Å². The topological polar surface area (TPSA) is 66.8 Å². The lowest BCUT2D eigenvalue weighted by Gasteiger charge is -2.11. The Hall–Kier alpha value is -2.49. The van der Waals surface area contributed by atoms with Crippen LogP contribution in [0.5, 0.6) is 11.5 Å². The third-order valence-corrected chi connectivity index (χ3v) is 2.90. The van der Waals surface area contributed by atoms with Gasteiger partial charge in [-0.1, -0.05) is 30.3 Å². The molecule has 0 aliphatic rings. The van der Waals surface area contributed by atoms with Gasteiger partial charge in [-0.2, -0.15) is 0 Å².